The molecule has 1 aromatic rings. The molecule has 0 unspecified atom stereocenters. The molecule has 0 amide bonds. The van der Waals surface area contributed by atoms with Crippen molar-refractivity contribution in [2.45, 2.75) is 38.0 Å². The van der Waals surface area contributed by atoms with Crippen LogP contribution in [0.5, 0.6) is 0 Å². The standard InChI is InChI=1S/C8H13N3O2.C7H6NO3S.C4H10.H2S/c9-7(8(12)13)4-6-5-10-2-1-3-11-6;1-12(11)7-5-3-2-4-6(7)8(9)10;1-3-4-2;/h4,10H,1-3,5,9H2,(H,12,13);2-5H,1H2;3-4H2,1-2H3;1H2/q;-1;;/b7-4-;;;. The van der Waals surface area contributed by atoms with Crippen molar-refractivity contribution in [1.29, 1.82) is 0 Å². The maximum absolute atomic E-state index is 10.9. The second-order valence-electron chi connectivity index (χ2n) is 5.88. The second-order valence-corrected chi connectivity index (χ2v) is 7.01. The quantitative estimate of drug-likeness (QED) is 0.201. The number of nitrogens with two attached hydrogens (primary N) is 1. The predicted octanol–water partition coefficient (Wildman–Crippen LogP) is 2.62. The number of para-hydroxylation sites is 1. The normalized spacial score (nSPS) is 13.3. The van der Waals surface area contributed by atoms with E-state index in [0.717, 1.165) is 19.5 Å². The van der Waals surface area contributed by atoms with Gasteiger partial charge in [-0.3, -0.25) is 15.1 Å². The number of hydrogen-bond acceptors (Lipinski definition) is 8. The molecule has 9 nitrogen and oxygen atoms in total. The van der Waals surface area contributed by atoms with Crippen molar-refractivity contribution >= 4 is 47.1 Å². The van der Waals surface area contributed by atoms with E-state index in [9.17, 15) is 19.1 Å². The molecule has 170 valence electrons. The molecule has 0 saturated carbocycles. The summed E-state index contributed by atoms with van der Waals surface area (Å²) in [4.78, 5) is 24.5. The summed E-state index contributed by atoms with van der Waals surface area (Å²) in [5.41, 5.74) is 5.65. The molecule has 4 N–H and O–H groups in total. The largest absolute Gasteiger partial charge is 0.477 e. The number of aliphatic carboxylic acids is 1. The Morgan fingerprint density at radius 1 is 1.40 bits per heavy atom. The van der Waals surface area contributed by atoms with Gasteiger partial charge in [0.05, 0.1) is 10.6 Å². The molecule has 0 saturated heterocycles. The number of aliphatic imine (C=N–C) groups is 1. The van der Waals surface area contributed by atoms with Gasteiger partial charge >= 0.3 is 5.97 Å². The molecule has 2 rings (SSSR count). The Kier molecular flexibility index (Phi) is 17.4. The summed E-state index contributed by atoms with van der Waals surface area (Å²) in [6.45, 7) is 6.59. The van der Waals surface area contributed by atoms with Gasteiger partial charge in [0.2, 0.25) is 0 Å². The van der Waals surface area contributed by atoms with Gasteiger partial charge in [-0.15, -0.1) is 0 Å². The number of benzene rings is 1. The molecule has 0 bridgehead atoms. The third-order valence-electron chi connectivity index (χ3n) is 3.51. The summed E-state index contributed by atoms with van der Waals surface area (Å²) in [6.07, 6.45) is 5.02. The summed E-state index contributed by atoms with van der Waals surface area (Å²) in [6, 6.07) is 5.85. The van der Waals surface area contributed by atoms with Gasteiger partial charge in [0, 0.05) is 19.2 Å². The van der Waals surface area contributed by atoms with Crippen LogP contribution in [0.4, 0.5) is 5.69 Å². The van der Waals surface area contributed by atoms with Crippen LogP contribution in [0.25, 0.3) is 0 Å². The molecule has 1 aliphatic rings. The lowest BCUT2D eigenvalue weighted by molar-refractivity contribution is -0.387. The highest BCUT2D eigenvalue weighted by Crippen LogP contribution is 2.18. The van der Waals surface area contributed by atoms with E-state index >= 15 is 0 Å². The molecule has 0 atom stereocenters. The predicted molar refractivity (Wildman–Crippen MR) is 127 cm³/mol. The molecular formula is C19H31N4O5S2-. The molecule has 1 aliphatic heterocycles. The summed E-state index contributed by atoms with van der Waals surface area (Å²) in [5, 5.41) is 22.0. The summed E-state index contributed by atoms with van der Waals surface area (Å²) in [7, 11) is -1.55. The van der Waals surface area contributed by atoms with Gasteiger partial charge < -0.3 is 20.4 Å². The zero-order chi connectivity index (χ0) is 22.2. The molecule has 30 heavy (non-hydrogen) atoms. The average Bonchev–Trinajstić information content (AvgIpc) is 2.97. The van der Waals surface area contributed by atoms with E-state index in [4.69, 9.17) is 10.8 Å². The van der Waals surface area contributed by atoms with Crippen LogP contribution in [0.1, 0.15) is 33.1 Å². The lowest BCUT2D eigenvalue weighted by atomic mass is 10.3. The van der Waals surface area contributed by atoms with Crippen molar-refractivity contribution in [2.24, 2.45) is 10.7 Å². The number of rotatable bonds is 5. The van der Waals surface area contributed by atoms with E-state index in [1.165, 1.54) is 37.1 Å². The van der Waals surface area contributed by atoms with Gasteiger partial charge in [0.15, 0.2) is 0 Å². The maximum atomic E-state index is 10.9. The van der Waals surface area contributed by atoms with Gasteiger partial charge in [0.25, 0.3) is 5.69 Å². The summed E-state index contributed by atoms with van der Waals surface area (Å²) < 4.78 is 10.9. The Morgan fingerprint density at radius 3 is 2.47 bits per heavy atom. The van der Waals surface area contributed by atoms with Crippen molar-refractivity contribution < 1.29 is 19.0 Å². The highest BCUT2D eigenvalue weighted by molar-refractivity contribution is 7.82. The van der Waals surface area contributed by atoms with Crippen LogP contribution in [0.3, 0.4) is 0 Å². The van der Waals surface area contributed by atoms with Crippen LogP contribution in [0.2, 0.25) is 0 Å². The third kappa shape index (κ3) is 13.0. The number of unbranched alkanes of at least 4 members (excludes halogenated alkanes) is 1. The van der Waals surface area contributed by atoms with Crippen LogP contribution >= 0.6 is 13.5 Å². The molecule has 0 aromatic heterocycles. The molecule has 1 heterocycles. The third-order valence-corrected chi connectivity index (χ3v) is 4.34. The lowest BCUT2D eigenvalue weighted by Crippen LogP contribution is -2.22. The zero-order valence-corrected chi connectivity index (χ0v) is 19.1. The van der Waals surface area contributed by atoms with E-state index in [1.807, 2.05) is 0 Å². The first-order valence-corrected chi connectivity index (χ1v) is 10.5. The maximum Gasteiger partial charge on any atom is 0.351 e. The lowest BCUT2D eigenvalue weighted by Gasteiger charge is -2.02. The average molecular weight is 460 g/mol. The topological polar surface area (TPSA) is 148 Å². The summed E-state index contributed by atoms with van der Waals surface area (Å²) >= 11 is 0. The Hall–Kier alpha value is -2.37. The smallest absolute Gasteiger partial charge is 0.351 e. The molecule has 0 aliphatic carbocycles. The van der Waals surface area contributed by atoms with Crippen molar-refractivity contribution in [2.75, 3.05) is 19.6 Å². The molecule has 0 radical (unpaired) electrons. The minimum atomic E-state index is -1.55. The number of nitrogens with one attached hydrogen (secondary N) is 1. The van der Waals surface area contributed by atoms with E-state index in [0.29, 0.717) is 12.3 Å². The second kappa shape index (κ2) is 17.5. The Balaban J connectivity index is 0. The molecule has 1 aromatic carbocycles. The monoisotopic (exact) mass is 459 g/mol. The number of nitrogens with zero attached hydrogens (tertiary/aromatic N) is 2. The number of carbonyl (C=O) groups is 1. The Morgan fingerprint density at radius 2 is 2.00 bits per heavy atom. The van der Waals surface area contributed by atoms with Gasteiger partial charge in [-0.2, -0.15) is 19.4 Å². The van der Waals surface area contributed by atoms with Crippen LogP contribution in [-0.2, 0) is 19.4 Å². The van der Waals surface area contributed by atoms with Gasteiger partial charge in [-0.1, -0.05) is 44.9 Å². The van der Waals surface area contributed by atoms with Crippen LogP contribution in [0, 0.1) is 10.1 Å². The van der Waals surface area contributed by atoms with Crippen molar-refractivity contribution in [3.8, 4) is 0 Å². The van der Waals surface area contributed by atoms with Crippen LogP contribution in [0.15, 0.2) is 45.9 Å². The van der Waals surface area contributed by atoms with Crippen molar-refractivity contribution in [3.63, 3.8) is 0 Å². The van der Waals surface area contributed by atoms with E-state index in [2.05, 4.69) is 30.0 Å². The fourth-order valence-electron chi connectivity index (χ4n) is 1.84. The zero-order valence-electron chi connectivity index (χ0n) is 17.3. The fourth-order valence-corrected chi connectivity index (χ4v) is 2.44. The Labute approximate surface area is 186 Å². The number of nitro groups is 1. The van der Waals surface area contributed by atoms with E-state index < -0.39 is 21.3 Å². The van der Waals surface area contributed by atoms with Crippen molar-refractivity contribution in [3.05, 3.63) is 46.2 Å². The summed E-state index contributed by atoms with van der Waals surface area (Å²) in [5.74, 6) is 2.11. The number of hydrogen-bond donors (Lipinski definition) is 3. The van der Waals surface area contributed by atoms with Gasteiger partial charge in [-0.05, 0) is 23.9 Å². The Bertz CT molecular complexity index is 798. The molecule has 0 fully saturated rings. The molecule has 0 spiro atoms. The minimum absolute atomic E-state index is 0. The van der Waals surface area contributed by atoms with Crippen LogP contribution in [-0.4, -0.2) is 47.2 Å². The molecule has 11 heteroatoms. The first-order valence-electron chi connectivity index (χ1n) is 9.13. The van der Waals surface area contributed by atoms with Crippen LogP contribution < -0.4 is 11.1 Å². The first-order chi connectivity index (χ1) is 13.7. The fraction of sp³-hybridized carbons (Fsp3) is 0.421. The number of carboxylic acid groups (broad SMARTS) is 1. The van der Waals surface area contributed by atoms with E-state index in [-0.39, 0.29) is 29.8 Å². The first kappa shape index (κ1) is 29.8. The highest BCUT2D eigenvalue weighted by Gasteiger charge is 2.06. The highest BCUT2D eigenvalue weighted by atomic mass is 32.2. The SMILES string of the molecule is C=[S-](=O)c1ccccc1[N+](=O)[O-].CCCC.N/C(=C\C1=NCCCNC1)C(=O)O.S. The minimum Gasteiger partial charge on any atom is -0.477 e. The van der Waals surface area contributed by atoms with E-state index in [1.54, 1.807) is 6.07 Å². The number of carboxylic acids is 1. The van der Waals surface area contributed by atoms with Gasteiger partial charge in [0.1, 0.15) is 5.70 Å². The van der Waals surface area contributed by atoms with Gasteiger partial charge in [-0.25, -0.2) is 15.2 Å². The van der Waals surface area contributed by atoms with Crippen molar-refractivity contribution in [1.82, 2.24) is 5.32 Å². The molecular weight excluding hydrogens is 428 g/mol. The number of nitro benzene ring substituents is 1.